The number of aromatic nitrogens is 2. The molecule has 0 aliphatic heterocycles. The molecule has 2 aromatic heterocycles. The van der Waals surface area contributed by atoms with Crippen LogP contribution in [0.2, 0.25) is 0 Å². The van der Waals surface area contributed by atoms with E-state index in [1.165, 1.54) is 6.07 Å². The van der Waals surface area contributed by atoms with Crippen molar-refractivity contribution in [2.75, 3.05) is 19.4 Å². The minimum Gasteiger partial charge on any atom is -0.353 e. The van der Waals surface area contributed by atoms with Gasteiger partial charge in [-0.2, -0.15) is 0 Å². The van der Waals surface area contributed by atoms with E-state index in [9.17, 15) is 4.39 Å². The molecular formula is C30H30FN5. The van der Waals surface area contributed by atoms with E-state index < -0.39 is 0 Å². The van der Waals surface area contributed by atoms with Gasteiger partial charge in [0.2, 0.25) is 0 Å². The minimum absolute atomic E-state index is 0.235. The minimum atomic E-state index is -0.235. The van der Waals surface area contributed by atoms with E-state index >= 15 is 0 Å². The lowest BCUT2D eigenvalue weighted by molar-refractivity contribution is 0.402. The summed E-state index contributed by atoms with van der Waals surface area (Å²) >= 11 is 0. The van der Waals surface area contributed by atoms with Crippen LogP contribution in [0.4, 0.5) is 10.1 Å². The van der Waals surface area contributed by atoms with Crippen LogP contribution >= 0.6 is 0 Å². The fraction of sp³-hybridized carbons (Fsp3) is 0.167. The molecule has 2 N–H and O–H groups in total. The lowest BCUT2D eigenvalue weighted by Gasteiger charge is -2.15. The Kier molecular flexibility index (Phi) is 7.66. The van der Waals surface area contributed by atoms with Crippen LogP contribution in [-0.4, -0.2) is 34.7 Å². The van der Waals surface area contributed by atoms with E-state index in [2.05, 4.69) is 38.9 Å². The molecule has 0 aliphatic rings. The molecule has 0 saturated carbocycles. The topological polar surface area (TPSA) is 64.9 Å². The highest BCUT2D eigenvalue weighted by atomic mass is 19.1. The van der Waals surface area contributed by atoms with Crippen molar-refractivity contribution in [3.05, 3.63) is 125 Å². The second-order valence-corrected chi connectivity index (χ2v) is 9.13. The molecule has 2 heterocycles. The largest absolute Gasteiger partial charge is 0.353 e. The summed E-state index contributed by atoms with van der Waals surface area (Å²) in [5.41, 5.74) is 7.80. The van der Waals surface area contributed by atoms with Crippen molar-refractivity contribution < 1.29 is 4.39 Å². The Morgan fingerprint density at radius 2 is 1.81 bits per heavy atom. The van der Waals surface area contributed by atoms with Crippen LogP contribution in [-0.2, 0) is 13.0 Å². The summed E-state index contributed by atoms with van der Waals surface area (Å²) in [6, 6.07) is 18.6. The summed E-state index contributed by atoms with van der Waals surface area (Å²) in [5, 5.41) is 12.0. The van der Waals surface area contributed by atoms with Gasteiger partial charge >= 0.3 is 0 Å². The molecule has 0 amide bonds. The van der Waals surface area contributed by atoms with Crippen LogP contribution in [0.1, 0.15) is 27.9 Å². The molecule has 0 atom stereocenters. The third-order valence-corrected chi connectivity index (χ3v) is 5.89. The lowest BCUT2D eigenvalue weighted by atomic mass is 9.96. The third-order valence-electron chi connectivity index (χ3n) is 5.89. The Morgan fingerprint density at radius 1 is 1.00 bits per heavy atom. The first kappa shape index (κ1) is 24.9. The molecule has 0 aliphatic carbocycles. The number of hydrogen-bond donors (Lipinski definition) is 2. The second-order valence-electron chi connectivity index (χ2n) is 9.13. The quantitative estimate of drug-likeness (QED) is 0.279. The van der Waals surface area contributed by atoms with Crippen molar-refractivity contribution >= 4 is 11.4 Å². The highest BCUT2D eigenvalue weighted by Gasteiger charge is 2.12. The first-order valence-corrected chi connectivity index (χ1v) is 11.7. The van der Waals surface area contributed by atoms with Crippen LogP contribution in [0.15, 0.2) is 91.5 Å². The number of anilines is 1. The molecule has 0 spiro atoms. The molecule has 0 unspecified atom stereocenters. The van der Waals surface area contributed by atoms with E-state index in [0.29, 0.717) is 23.4 Å². The zero-order valence-electron chi connectivity index (χ0n) is 20.8. The lowest BCUT2D eigenvalue weighted by Crippen LogP contribution is -2.12. The van der Waals surface area contributed by atoms with Gasteiger partial charge in [0.1, 0.15) is 5.82 Å². The fourth-order valence-electron chi connectivity index (χ4n) is 4.01. The average molecular weight is 480 g/mol. The zero-order chi connectivity index (χ0) is 25.7. The van der Waals surface area contributed by atoms with E-state index in [1.807, 2.05) is 63.7 Å². The molecular weight excluding hydrogens is 449 g/mol. The van der Waals surface area contributed by atoms with Gasteiger partial charge in [-0.25, -0.2) is 4.39 Å². The predicted molar refractivity (Wildman–Crippen MR) is 145 cm³/mol. The maximum absolute atomic E-state index is 13.9. The average Bonchev–Trinajstić information content (AvgIpc) is 2.86. The SMILES string of the molecule is C=C(Nc1ccc(Cc2ccccc2F)nc1)C(=N)c1cc(-c2cncc(CN(C)C)c2)ccc1C. The smallest absolute Gasteiger partial charge is 0.126 e. The molecule has 0 radical (unpaired) electrons. The molecule has 4 rings (SSSR count). The molecule has 36 heavy (non-hydrogen) atoms. The van der Waals surface area contributed by atoms with E-state index in [-0.39, 0.29) is 5.82 Å². The molecule has 0 fully saturated rings. The summed E-state index contributed by atoms with van der Waals surface area (Å²) in [4.78, 5) is 11.0. The van der Waals surface area contributed by atoms with Gasteiger partial charge in [0.25, 0.3) is 0 Å². The van der Waals surface area contributed by atoms with E-state index in [1.54, 1.807) is 18.3 Å². The Labute approximate surface area is 211 Å². The van der Waals surface area contributed by atoms with Crippen molar-refractivity contribution in [2.45, 2.75) is 19.9 Å². The van der Waals surface area contributed by atoms with Gasteiger partial charge < -0.3 is 10.2 Å². The molecule has 0 saturated heterocycles. The number of hydrogen-bond acceptors (Lipinski definition) is 5. The first-order chi connectivity index (χ1) is 17.3. The van der Waals surface area contributed by atoms with E-state index in [0.717, 1.165) is 45.7 Å². The number of pyridine rings is 2. The molecule has 4 aromatic rings. The van der Waals surface area contributed by atoms with Gasteiger partial charge in [-0.3, -0.25) is 15.4 Å². The van der Waals surface area contributed by atoms with Crippen LogP contribution in [0.5, 0.6) is 0 Å². The van der Waals surface area contributed by atoms with Gasteiger partial charge in [-0.15, -0.1) is 0 Å². The van der Waals surface area contributed by atoms with Crippen molar-refractivity contribution in [3.63, 3.8) is 0 Å². The summed E-state index contributed by atoms with van der Waals surface area (Å²) in [6.07, 6.45) is 5.82. The van der Waals surface area contributed by atoms with Gasteiger partial charge in [-0.1, -0.05) is 36.9 Å². The monoisotopic (exact) mass is 479 g/mol. The molecule has 182 valence electrons. The first-order valence-electron chi connectivity index (χ1n) is 11.7. The molecule has 0 bridgehead atoms. The Hall–Kier alpha value is -4.16. The fourth-order valence-corrected chi connectivity index (χ4v) is 4.01. The van der Waals surface area contributed by atoms with Crippen molar-refractivity contribution in [2.24, 2.45) is 0 Å². The standard InChI is InChI=1S/C30H30FN5/c1-20-9-10-23(25-13-22(16-33-17-25)19-36(3)4)15-28(20)30(32)21(2)35-27-12-11-26(34-18-27)14-24-7-5-6-8-29(24)31/h5-13,15-18,32,35H,2,14,19H2,1,3-4H3. The van der Waals surface area contributed by atoms with Crippen LogP contribution < -0.4 is 5.32 Å². The van der Waals surface area contributed by atoms with E-state index in [4.69, 9.17) is 5.41 Å². The summed E-state index contributed by atoms with van der Waals surface area (Å²) in [5.74, 6) is -0.235. The van der Waals surface area contributed by atoms with Crippen LogP contribution in [0.3, 0.4) is 0 Å². The number of nitrogens with one attached hydrogen (secondary N) is 2. The number of halogens is 1. The summed E-state index contributed by atoms with van der Waals surface area (Å²) in [6.45, 7) is 6.88. The number of rotatable bonds is 9. The van der Waals surface area contributed by atoms with Crippen molar-refractivity contribution in [1.82, 2.24) is 14.9 Å². The Morgan fingerprint density at radius 3 is 2.53 bits per heavy atom. The van der Waals surface area contributed by atoms with Gasteiger partial charge in [-0.05, 0) is 73.6 Å². The van der Waals surface area contributed by atoms with Crippen molar-refractivity contribution in [3.8, 4) is 11.1 Å². The number of aryl methyl sites for hydroxylation is 1. The number of allylic oxidation sites excluding steroid dienone is 1. The summed E-state index contributed by atoms with van der Waals surface area (Å²) in [7, 11) is 4.06. The molecule has 2 aromatic carbocycles. The number of nitrogens with zero attached hydrogens (tertiary/aromatic N) is 3. The van der Waals surface area contributed by atoms with Gasteiger partial charge in [0.15, 0.2) is 0 Å². The van der Waals surface area contributed by atoms with Gasteiger partial charge in [0, 0.05) is 42.2 Å². The zero-order valence-corrected chi connectivity index (χ0v) is 20.8. The second kappa shape index (κ2) is 11.1. The van der Waals surface area contributed by atoms with Crippen molar-refractivity contribution in [1.29, 1.82) is 5.41 Å². The van der Waals surface area contributed by atoms with Crippen LogP contribution in [0, 0.1) is 18.2 Å². The Bertz CT molecular complexity index is 1390. The number of benzene rings is 2. The molecule has 5 nitrogen and oxygen atoms in total. The predicted octanol–water partition coefficient (Wildman–Crippen LogP) is 6.24. The highest BCUT2D eigenvalue weighted by molar-refractivity contribution is 6.13. The van der Waals surface area contributed by atoms with Gasteiger partial charge in [0.05, 0.1) is 23.3 Å². The molecule has 6 heteroatoms. The summed E-state index contributed by atoms with van der Waals surface area (Å²) < 4.78 is 13.9. The highest BCUT2D eigenvalue weighted by Crippen LogP contribution is 2.25. The normalized spacial score (nSPS) is 10.9. The third kappa shape index (κ3) is 6.09. The Balaban J connectivity index is 1.48. The maximum Gasteiger partial charge on any atom is 0.126 e. The maximum atomic E-state index is 13.9. The van der Waals surface area contributed by atoms with Crippen LogP contribution in [0.25, 0.3) is 11.1 Å².